The summed E-state index contributed by atoms with van der Waals surface area (Å²) in [6.45, 7) is 3.32. The molecule has 0 fully saturated rings. The van der Waals surface area contributed by atoms with Gasteiger partial charge in [-0.3, -0.25) is 4.79 Å². The Bertz CT molecular complexity index is 550. The lowest BCUT2D eigenvalue weighted by atomic mass is 10.0. The van der Waals surface area contributed by atoms with Crippen LogP contribution in [0.2, 0.25) is 0 Å². The molecule has 2 atom stereocenters. The van der Waals surface area contributed by atoms with Crippen LogP contribution < -0.4 is 10.6 Å². The Morgan fingerprint density at radius 3 is 2.36 bits per heavy atom. The van der Waals surface area contributed by atoms with Crippen molar-refractivity contribution >= 4 is 11.9 Å². The van der Waals surface area contributed by atoms with E-state index in [1.165, 1.54) is 11.0 Å². The van der Waals surface area contributed by atoms with Crippen LogP contribution in [0.3, 0.4) is 0 Å². The zero-order chi connectivity index (χ0) is 16.9. The summed E-state index contributed by atoms with van der Waals surface area (Å²) in [4.78, 5) is 25.0. The highest BCUT2D eigenvalue weighted by molar-refractivity contribution is 5.86. The number of amides is 3. The van der Waals surface area contributed by atoms with Crippen LogP contribution in [0.4, 0.5) is 13.6 Å². The van der Waals surface area contributed by atoms with Crippen LogP contribution in [0, 0.1) is 11.6 Å². The highest BCUT2D eigenvalue weighted by Crippen LogP contribution is 2.20. The molecule has 0 aromatic heterocycles. The number of hydrogen-bond acceptors (Lipinski definition) is 2. The molecular formula is C15H21F2N3O2. The highest BCUT2D eigenvalue weighted by atomic mass is 19.1. The number of likely N-dealkylation sites (N-methyl/N-ethyl adjacent to an activating group) is 1. The molecule has 0 aliphatic rings. The third-order valence-corrected chi connectivity index (χ3v) is 3.21. The van der Waals surface area contributed by atoms with Crippen LogP contribution in [0.1, 0.15) is 31.9 Å². The summed E-state index contributed by atoms with van der Waals surface area (Å²) in [5, 5.41) is 5.07. The van der Waals surface area contributed by atoms with Crippen LogP contribution >= 0.6 is 0 Å². The molecule has 1 aromatic rings. The SMILES string of the molecule is CC[C@H](NC(=O)N[C@@H](C)C(=O)N(C)C)c1ccc(F)cc1F. The lowest BCUT2D eigenvalue weighted by Crippen LogP contribution is -2.48. The number of nitrogens with zero attached hydrogens (tertiary/aromatic N) is 1. The quantitative estimate of drug-likeness (QED) is 0.875. The first-order valence-electron chi connectivity index (χ1n) is 6.99. The maximum absolute atomic E-state index is 13.8. The Morgan fingerprint density at radius 1 is 1.23 bits per heavy atom. The zero-order valence-corrected chi connectivity index (χ0v) is 13.1. The maximum atomic E-state index is 13.8. The zero-order valence-electron chi connectivity index (χ0n) is 13.1. The largest absolute Gasteiger partial charge is 0.347 e. The molecule has 0 bridgehead atoms. The number of carbonyl (C=O) groups is 2. The van der Waals surface area contributed by atoms with Crippen molar-refractivity contribution in [3.05, 3.63) is 35.4 Å². The second-order valence-corrected chi connectivity index (χ2v) is 5.20. The average molecular weight is 313 g/mol. The summed E-state index contributed by atoms with van der Waals surface area (Å²) < 4.78 is 26.7. The van der Waals surface area contributed by atoms with Gasteiger partial charge in [-0.25, -0.2) is 13.6 Å². The van der Waals surface area contributed by atoms with Crippen molar-refractivity contribution in [3.63, 3.8) is 0 Å². The van der Waals surface area contributed by atoms with E-state index in [2.05, 4.69) is 10.6 Å². The van der Waals surface area contributed by atoms with E-state index >= 15 is 0 Å². The minimum atomic E-state index is -0.718. The molecule has 0 saturated heterocycles. The molecule has 122 valence electrons. The fraction of sp³-hybridized carbons (Fsp3) is 0.467. The molecule has 22 heavy (non-hydrogen) atoms. The van der Waals surface area contributed by atoms with Crippen LogP contribution in [0.25, 0.3) is 0 Å². The number of rotatable bonds is 5. The monoisotopic (exact) mass is 313 g/mol. The number of benzene rings is 1. The van der Waals surface area contributed by atoms with E-state index in [1.807, 2.05) is 0 Å². The third kappa shape index (κ3) is 4.68. The third-order valence-electron chi connectivity index (χ3n) is 3.21. The molecule has 0 radical (unpaired) electrons. The maximum Gasteiger partial charge on any atom is 0.315 e. The van der Waals surface area contributed by atoms with Crippen LogP contribution in [-0.2, 0) is 4.79 Å². The smallest absolute Gasteiger partial charge is 0.315 e. The fourth-order valence-electron chi connectivity index (χ4n) is 2.03. The number of urea groups is 1. The molecule has 3 amide bonds. The predicted molar refractivity (Wildman–Crippen MR) is 79.2 cm³/mol. The van der Waals surface area contributed by atoms with Gasteiger partial charge in [-0.2, -0.15) is 0 Å². The summed E-state index contributed by atoms with van der Waals surface area (Å²) in [5.41, 5.74) is 0.200. The number of carbonyl (C=O) groups excluding carboxylic acids is 2. The van der Waals surface area contributed by atoms with E-state index < -0.39 is 29.7 Å². The van der Waals surface area contributed by atoms with Gasteiger partial charge in [-0.1, -0.05) is 13.0 Å². The van der Waals surface area contributed by atoms with Gasteiger partial charge in [0.2, 0.25) is 5.91 Å². The van der Waals surface area contributed by atoms with E-state index in [4.69, 9.17) is 0 Å². The van der Waals surface area contributed by atoms with E-state index in [9.17, 15) is 18.4 Å². The Morgan fingerprint density at radius 2 is 1.86 bits per heavy atom. The molecule has 1 rings (SSSR count). The number of hydrogen-bond donors (Lipinski definition) is 2. The van der Waals surface area contributed by atoms with E-state index in [0.29, 0.717) is 6.42 Å². The fourth-order valence-corrected chi connectivity index (χ4v) is 2.03. The molecule has 0 aliphatic carbocycles. The van der Waals surface area contributed by atoms with Gasteiger partial charge in [0, 0.05) is 25.7 Å². The van der Waals surface area contributed by atoms with Crippen LogP contribution in [0.5, 0.6) is 0 Å². The molecule has 0 aliphatic heterocycles. The molecule has 1 aromatic carbocycles. The molecule has 2 N–H and O–H groups in total. The Labute approximate surface area is 128 Å². The van der Waals surface area contributed by atoms with Gasteiger partial charge in [0.25, 0.3) is 0 Å². The van der Waals surface area contributed by atoms with Crippen LogP contribution in [0.15, 0.2) is 18.2 Å². The summed E-state index contributed by atoms with van der Waals surface area (Å²) in [5.74, 6) is -1.65. The first kappa shape index (κ1) is 17.9. The van der Waals surface area contributed by atoms with Crippen molar-refractivity contribution < 1.29 is 18.4 Å². The van der Waals surface area contributed by atoms with Crippen molar-refractivity contribution in [2.75, 3.05) is 14.1 Å². The summed E-state index contributed by atoms with van der Waals surface area (Å²) >= 11 is 0. The van der Waals surface area contributed by atoms with Gasteiger partial charge in [-0.15, -0.1) is 0 Å². The second-order valence-electron chi connectivity index (χ2n) is 5.20. The minimum absolute atomic E-state index is 0.200. The van der Waals surface area contributed by atoms with Crippen molar-refractivity contribution in [2.24, 2.45) is 0 Å². The van der Waals surface area contributed by atoms with Gasteiger partial charge < -0.3 is 15.5 Å². The minimum Gasteiger partial charge on any atom is -0.347 e. The molecule has 0 heterocycles. The van der Waals surface area contributed by atoms with Crippen molar-refractivity contribution in [1.29, 1.82) is 0 Å². The van der Waals surface area contributed by atoms with E-state index in [-0.39, 0.29) is 11.5 Å². The topological polar surface area (TPSA) is 61.4 Å². The molecule has 0 saturated carbocycles. The van der Waals surface area contributed by atoms with Gasteiger partial charge in [0.15, 0.2) is 0 Å². The Kier molecular flexibility index (Phi) is 6.27. The standard InChI is InChI=1S/C15H21F2N3O2/c1-5-13(11-7-6-10(16)8-12(11)17)19-15(22)18-9(2)14(21)20(3)4/h6-9,13H,5H2,1-4H3,(H2,18,19,22)/t9-,13-/m0/s1. The molecule has 5 nitrogen and oxygen atoms in total. The van der Waals surface area contributed by atoms with Crippen molar-refractivity contribution in [2.45, 2.75) is 32.4 Å². The van der Waals surface area contributed by atoms with Gasteiger partial charge >= 0.3 is 6.03 Å². The predicted octanol–water partition coefficient (Wildman–Crippen LogP) is 2.19. The van der Waals surface area contributed by atoms with Gasteiger partial charge in [-0.05, 0) is 19.4 Å². The molecule has 7 heteroatoms. The first-order valence-corrected chi connectivity index (χ1v) is 6.99. The number of nitrogens with one attached hydrogen (secondary N) is 2. The first-order chi connectivity index (χ1) is 10.3. The lowest BCUT2D eigenvalue weighted by Gasteiger charge is -2.22. The second kappa shape index (κ2) is 7.72. The summed E-state index contributed by atoms with van der Waals surface area (Å²) in [7, 11) is 3.17. The Balaban J connectivity index is 2.74. The van der Waals surface area contributed by atoms with Gasteiger partial charge in [0.1, 0.15) is 17.7 Å². The highest BCUT2D eigenvalue weighted by Gasteiger charge is 2.21. The normalized spacial score (nSPS) is 13.2. The summed E-state index contributed by atoms with van der Waals surface area (Å²) in [6.07, 6.45) is 0.423. The molecule has 0 unspecified atom stereocenters. The van der Waals surface area contributed by atoms with Gasteiger partial charge in [0.05, 0.1) is 6.04 Å². The van der Waals surface area contributed by atoms with E-state index in [1.54, 1.807) is 27.9 Å². The van der Waals surface area contributed by atoms with Crippen LogP contribution in [-0.4, -0.2) is 37.0 Å². The van der Waals surface area contributed by atoms with Crippen molar-refractivity contribution in [1.82, 2.24) is 15.5 Å². The van der Waals surface area contributed by atoms with E-state index in [0.717, 1.165) is 12.1 Å². The average Bonchev–Trinajstić information content (AvgIpc) is 2.44. The lowest BCUT2D eigenvalue weighted by molar-refractivity contribution is -0.130. The summed E-state index contributed by atoms with van der Waals surface area (Å²) in [6, 6.07) is 1.31. The number of halogens is 2. The van der Waals surface area contributed by atoms with Crippen molar-refractivity contribution in [3.8, 4) is 0 Å². The molecular weight excluding hydrogens is 292 g/mol. The molecule has 0 spiro atoms. The Hall–Kier alpha value is -2.18.